The lowest BCUT2D eigenvalue weighted by molar-refractivity contribution is 0.0952. The van der Waals surface area contributed by atoms with Gasteiger partial charge >= 0.3 is 0 Å². The molecule has 0 bridgehead atoms. The minimum absolute atomic E-state index is 0.202. The Balaban J connectivity index is 1.36. The van der Waals surface area contributed by atoms with E-state index >= 15 is 0 Å². The van der Waals surface area contributed by atoms with Gasteiger partial charge in [0.25, 0.3) is 5.91 Å². The number of rotatable bonds is 13. The maximum atomic E-state index is 12.8. The number of imidazole rings is 1. The van der Waals surface area contributed by atoms with Gasteiger partial charge in [-0.2, -0.15) is 0 Å². The van der Waals surface area contributed by atoms with Crippen LogP contribution >= 0.6 is 0 Å². The number of ether oxygens (including phenoxy) is 4. The zero-order valence-corrected chi connectivity index (χ0v) is 23.4. The summed E-state index contributed by atoms with van der Waals surface area (Å²) in [6.45, 7) is 6.08. The summed E-state index contributed by atoms with van der Waals surface area (Å²) in [6, 6.07) is 17.7. The molecule has 0 fully saturated rings. The van der Waals surface area contributed by atoms with Gasteiger partial charge in [-0.25, -0.2) is 4.98 Å². The molecule has 0 saturated carbocycles. The Labute approximate surface area is 229 Å². The lowest BCUT2D eigenvalue weighted by Gasteiger charge is -2.14. The van der Waals surface area contributed by atoms with Crippen molar-refractivity contribution >= 4 is 16.9 Å². The average Bonchev–Trinajstić information content (AvgIpc) is 3.31. The van der Waals surface area contributed by atoms with Crippen molar-refractivity contribution in [2.45, 2.75) is 39.7 Å². The zero-order chi connectivity index (χ0) is 27.8. The number of para-hydroxylation sites is 2. The van der Waals surface area contributed by atoms with Crippen LogP contribution in [0.5, 0.6) is 23.0 Å². The number of amides is 1. The van der Waals surface area contributed by atoms with E-state index in [0.717, 1.165) is 54.0 Å². The molecule has 0 radical (unpaired) electrons. The van der Waals surface area contributed by atoms with Crippen LogP contribution in [0.25, 0.3) is 11.0 Å². The number of aryl methyl sites for hydroxylation is 4. The van der Waals surface area contributed by atoms with Crippen LogP contribution in [0.1, 0.15) is 40.2 Å². The molecule has 39 heavy (non-hydrogen) atoms. The van der Waals surface area contributed by atoms with Crippen LogP contribution in [0, 0.1) is 13.8 Å². The third kappa shape index (κ3) is 6.63. The largest absolute Gasteiger partial charge is 0.493 e. The molecule has 0 unspecified atom stereocenters. The summed E-state index contributed by atoms with van der Waals surface area (Å²) < 4.78 is 24.4. The first-order valence-corrected chi connectivity index (χ1v) is 13.2. The summed E-state index contributed by atoms with van der Waals surface area (Å²) in [5.74, 6) is 3.08. The molecule has 0 aliphatic carbocycles. The quantitative estimate of drug-likeness (QED) is 0.229. The van der Waals surface area contributed by atoms with Gasteiger partial charge in [0, 0.05) is 25.1 Å². The van der Waals surface area contributed by atoms with Crippen LogP contribution in [0.3, 0.4) is 0 Å². The highest BCUT2D eigenvalue weighted by atomic mass is 16.5. The van der Waals surface area contributed by atoms with E-state index in [9.17, 15) is 4.79 Å². The number of hydrogen-bond acceptors (Lipinski definition) is 6. The second kappa shape index (κ2) is 13.0. The molecule has 8 nitrogen and oxygen atoms in total. The van der Waals surface area contributed by atoms with Crippen molar-refractivity contribution < 1.29 is 23.7 Å². The Bertz CT molecular complexity index is 1400. The molecule has 0 aliphatic rings. The highest BCUT2D eigenvalue weighted by molar-refractivity contribution is 5.95. The Kier molecular flexibility index (Phi) is 9.31. The molecule has 4 rings (SSSR count). The summed E-state index contributed by atoms with van der Waals surface area (Å²) in [7, 11) is 4.59. The summed E-state index contributed by atoms with van der Waals surface area (Å²) in [4.78, 5) is 17.7. The van der Waals surface area contributed by atoms with Crippen molar-refractivity contribution in [2.24, 2.45) is 0 Å². The number of nitrogens with one attached hydrogen (secondary N) is 1. The zero-order valence-electron chi connectivity index (χ0n) is 23.4. The fourth-order valence-corrected chi connectivity index (χ4v) is 4.60. The molecule has 0 spiro atoms. The topological polar surface area (TPSA) is 83.8 Å². The van der Waals surface area contributed by atoms with Crippen molar-refractivity contribution in [3.8, 4) is 23.0 Å². The SMILES string of the molecule is COc1cc(C(=O)NCCCc2nc3ccccc3n2CCCOc2cc(C)ccc2C)cc(OC)c1OC. The molecule has 1 heterocycles. The summed E-state index contributed by atoms with van der Waals surface area (Å²) in [5, 5.41) is 2.99. The number of hydrogen-bond donors (Lipinski definition) is 1. The van der Waals surface area contributed by atoms with Crippen LogP contribution in [-0.2, 0) is 13.0 Å². The van der Waals surface area contributed by atoms with E-state index in [-0.39, 0.29) is 5.91 Å². The molecule has 0 saturated heterocycles. The Morgan fingerprint density at radius 3 is 2.36 bits per heavy atom. The van der Waals surface area contributed by atoms with E-state index in [1.54, 1.807) is 12.1 Å². The molecule has 1 aromatic heterocycles. The first-order valence-electron chi connectivity index (χ1n) is 13.2. The number of carbonyl (C=O) groups is 1. The van der Waals surface area contributed by atoms with Crippen molar-refractivity contribution in [1.82, 2.24) is 14.9 Å². The minimum atomic E-state index is -0.202. The van der Waals surface area contributed by atoms with Gasteiger partial charge in [0.15, 0.2) is 11.5 Å². The number of methoxy groups -OCH3 is 3. The van der Waals surface area contributed by atoms with Crippen LogP contribution in [0.4, 0.5) is 0 Å². The second-order valence-corrected chi connectivity index (χ2v) is 9.41. The van der Waals surface area contributed by atoms with E-state index in [4.69, 9.17) is 23.9 Å². The third-order valence-electron chi connectivity index (χ3n) is 6.65. The normalized spacial score (nSPS) is 10.9. The van der Waals surface area contributed by atoms with Crippen molar-refractivity contribution in [2.75, 3.05) is 34.5 Å². The minimum Gasteiger partial charge on any atom is -0.493 e. The van der Waals surface area contributed by atoms with Gasteiger partial charge in [-0.15, -0.1) is 0 Å². The fraction of sp³-hybridized carbons (Fsp3) is 0.355. The van der Waals surface area contributed by atoms with Crippen molar-refractivity contribution in [3.05, 3.63) is 77.1 Å². The molecule has 1 N–H and O–H groups in total. The van der Waals surface area contributed by atoms with Crippen LogP contribution < -0.4 is 24.3 Å². The first-order chi connectivity index (χ1) is 18.9. The fourth-order valence-electron chi connectivity index (χ4n) is 4.60. The number of nitrogens with zero attached hydrogens (tertiary/aromatic N) is 2. The molecular weight excluding hydrogens is 494 g/mol. The van der Waals surface area contributed by atoms with Gasteiger partial charge in [-0.1, -0.05) is 24.3 Å². The Hall–Kier alpha value is -4.20. The lowest BCUT2D eigenvalue weighted by Crippen LogP contribution is -2.25. The van der Waals surface area contributed by atoms with Crippen molar-refractivity contribution in [3.63, 3.8) is 0 Å². The third-order valence-corrected chi connectivity index (χ3v) is 6.65. The van der Waals surface area contributed by atoms with Crippen LogP contribution in [0.15, 0.2) is 54.6 Å². The van der Waals surface area contributed by atoms with Gasteiger partial charge in [0.2, 0.25) is 5.75 Å². The van der Waals surface area contributed by atoms with Gasteiger partial charge < -0.3 is 28.8 Å². The van der Waals surface area contributed by atoms with E-state index < -0.39 is 0 Å². The molecule has 1 amide bonds. The standard InChI is InChI=1S/C31H37N3O5/c1-21-13-14-22(2)26(18-21)39-17-9-16-34-25-11-7-6-10-24(25)33-29(34)12-8-15-32-31(35)23-19-27(36-3)30(38-5)28(20-23)37-4/h6-7,10-11,13-14,18-20H,8-9,12,15-17H2,1-5H3,(H,32,35). The van der Waals surface area contributed by atoms with E-state index in [0.29, 0.717) is 36.0 Å². The van der Waals surface area contributed by atoms with Gasteiger partial charge in [0.1, 0.15) is 11.6 Å². The number of carbonyl (C=O) groups excluding carboxylic acids is 1. The van der Waals surface area contributed by atoms with E-state index in [2.05, 4.69) is 48.0 Å². The molecular formula is C31H37N3O5. The molecule has 4 aromatic rings. The number of aromatic nitrogens is 2. The maximum Gasteiger partial charge on any atom is 0.251 e. The second-order valence-electron chi connectivity index (χ2n) is 9.41. The smallest absolute Gasteiger partial charge is 0.251 e. The first kappa shape index (κ1) is 27.8. The summed E-state index contributed by atoms with van der Waals surface area (Å²) >= 11 is 0. The van der Waals surface area contributed by atoms with Crippen molar-refractivity contribution in [1.29, 1.82) is 0 Å². The molecule has 3 aromatic carbocycles. The van der Waals surface area contributed by atoms with E-state index in [1.807, 2.05) is 18.2 Å². The maximum absolute atomic E-state index is 12.8. The monoisotopic (exact) mass is 531 g/mol. The molecule has 0 aliphatic heterocycles. The predicted octanol–water partition coefficient (Wildman–Crippen LogP) is 5.51. The highest BCUT2D eigenvalue weighted by Gasteiger charge is 2.17. The lowest BCUT2D eigenvalue weighted by atomic mass is 10.1. The molecule has 0 atom stereocenters. The van der Waals surface area contributed by atoms with Gasteiger partial charge in [0.05, 0.1) is 39.0 Å². The van der Waals surface area contributed by atoms with Gasteiger partial charge in [-0.3, -0.25) is 4.79 Å². The summed E-state index contributed by atoms with van der Waals surface area (Å²) in [6.07, 6.45) is 2.35. The van der Waals surface area contributed by atoms with Crippen LogP contribution in [-0.4, -0.2) is 49.9 Å². The number of fused-ring (bicyclic) bond motifs is 1. The van der Waals surface area contributed by atoms with E-state index in [1.165, 1.54) is 26.9 Å². The highest BCUT2D eigenvalue weighted by Crippen LogP contribution is 2.38. The molecule has 8 heteroatoms. The van der Waals surface area contributed by atoms with Gasteiger partial charge in [-0.05, 0) is 68.1 Å². The van der Waals surface area contributed by atoms with Crippen LogP contribution in [0.2, 0.25) is 0 Å². The predicted molar refractivity (Wildman–Crippen MR) is 153 cm³/mol. The molecule has 206 valence electrons. The number of benzene rings is 3. The Morgan fingerprint density at radius 1 is 0.897 bits per heavy atom. The average molecular weight is 532 g/mol. The Morgan fingerprint density at radius 2 is 1.64 bits per heavy atom. The summed E-state index contributed by atoms with van der Waals surface area (Å²) in [5.41, 5.74) is 4.87.